The topological polar surface area (TPSA) is 55.8 Å². The molecular formula is C20H30O4. The van der Waals surface area contributed by atoms with Crippen LogP contribution in [0.5, 0.6) is 5.75 Å². The highest BCUT2D eigenvalue weighted by Crippen LogP contribution is 2.32. The van der Waals surface area contributed by atoms with Crippen LogP contribution in [0.25, 0.3) is 6.08 Å². The number of carbonyl (C=O) groups is 1. The molecule has 0 aromatic heterocycles. The molecule has 1 N–H and O–H groups in total. The van der Waals surface area contributed by atoms with Crippen molar-refractivity contribution in [2.75, 3.05) is 20.3 Å². The monoisotopic (exact) mass is 334 g/mol. The average molecular weight is 334 g/mol. The van der Waals surface area contributed by atoms with Crippen molar-refractivity contribution in [1.29, 1.82) is 0 Å². The molecule has 4 heteroatoms. The molecule has 1 aromatic rings. The predicted octanol–water partition coefficient (Wildman–Crippen LogP) is 4.88. The molecule has 0 saturated carbocycles. The van der Waals surface area contributed by atoms with E-state index in [0.29, 0.717) is 19.1 Å². The summed E-state index contributed by atoms with van der Waals surface area (Å²) in [6, 6.07) is 5.84. The van der Waals surface area contributed by atoms with Crippen LogP contribution in [0.1, 0.15) is 63.0 Å². The molecule has 4 nitrogen and oxygen atoms in total. The zero-order chi connectivity index (χ0) is 17.8. The van der Waals surface area contributed by atoms with Crippen molar-refractivity contribution >= 4 is 12.0 Å². The Morgan fingerprint density at radius 2 is 2.04 bits per heavy atom. The third kappa shape index (κ3) is 7.18. The Labute approximate surface area is 145 Å². The first-order valence-corrected chi connectivity index (χ1v) is 8.79. The summed E-state index contributed by atoms with van der Waals surface area (Å²) in [4.78, 5) is 10.9. The summed E-state index contributed by atoms with van der Waals surface area (Å²) in [7, 11) is 1.65. The molecule has 24 heavy (non-hydrogen) atoms. The highest BCUT2D eigenvalue weighted by Gasteiger charge is 2.16. The molecule has 0 radical (unpaired) electrons. The first-order chi connectivity index (χ1) is 11.6. The number of unbranched alkanes of at least 4 members (excludes halogenated alkanes) is 2. The lowest BCUT2D eigenvalue weighted by molar-refractivity contribution is -0.131. The number of ether oxygens (including phenoxy) is 2. The minimum Gasteiger partial charge on any atom is -0.497 e. The molecule has 134 valence electrons. The van der Waals surface area contributed by atoms with E-state index in [1.165, 1.54) is 18.9 Å². The Bertz CT molecular complexity index is 512. The first kappa shape index (κ1) is 20.2. The molecule has 0 fully saturated rings. The zero-order valence-electron chi connectivity index (χ0n) is 15.1. The minimum atomic E-state index is -0.936. The molecule has 1 unspecified atom stereocenters. The van der Waals surface area contributed by atoms with E-state index in [1.54, 1.807) is 13.2 Å². The molecule has 1 atom stereocenters. The lowest BCUT2D eigenvalue weighted by Gasteiger charge is -2.20. The molecule has 0 aliphatic heterocycles. The van der Waals surface area contributed by atoms with E-state index in [0.717, 1.165) is 36.1 Å². The van der Waals surface area contributed by atoms with Gasteiger partial charge in [0.1, 0.15) is 5.75 Å². The van der Waals surface area contributed by atoms with Gasteiger partial charge in [0.25, 0.3) is 0 Å². The van der Waals surface area contributed by atoms with Crippen LogP contribution in [0, 0.1) is 0 Å². The molecule has 0 aliphatic rings. The maximum Gasteiger partial charge on any atom is 0.328 e. The second kappa shape index (κ2) is 11.7. The zero-order valence-corrected chi connectivity index (χ0v) is 15.1. The summed E-state index contributed by atoms with van der Waals surface area (Å²) >= 11 is 0. The van der Waals surface area contributed by atoms with E-state index < -0.39 is 5.97 Å². The van der Waals surface area contributed by atoms with Crippen molar-refractivity contribution in [3.63, 3.8) is 0 Å². The van der Waals surface area contributed by atoms with Crippen molar-refractivity contribution < 1.29 is 19.4 Å². The largest absolute Gasteiger partial charge is 0.497 e. The summed E-state index contributed by atoms with van der Waals surface area (Å²) in [6.07, 6.45) is 8.41. The van der Waals surface area contributed by atoms with Crippen molar-refractivity contribution in [2.45, 2.75) is 51.9 Å². The van der Waals surface area contributed by atoms with Crippen molar-refractivity contribution in [1.82, 2.24) is 0 Å². The minimum absolute atomic E-state index is 0.339. The molecule has 0 heterocycles. The summed E-state index contributed by atoms with van der Waals surface area (Å²) in [6.45, 7) is 5.62. The van der Waals surface area contributed by atoms with Crippen LogP contribution in [0.2, 0.25) is 0 Å². The maximum absolute atomic E-state index is 10.9. The van der Waals surface area contributed by atoms with Gasteiger partial charge < -0.3 is 14.6 Å². The Balaban J connectivity index is 3.07. The highest BCUT2D eigenvalue weighted by molar-refractivity contribution is 5.85. The number of carboxylic acid groups (broad SMARTS) is 1. The van der Waals surface area contributed by atoms with Crippen LogP contribution in [0.3, 0.4) is 0 Å². The Morgan fingerprint density at radius 1 is 1.25 bits per heavy atom. The molecule has 0 spiro atoms. The van der Waals surface area contributed by atoms with E-state index in [4.69, 9.17) is 14.6 Å². The van der Waals surface area contributed by atoms with Crippen LogP contribution in [0.4, 0.5) is 0 Å². The van der Waals surface area contributed by atoms with E-state index >= 15 is 0 Å². The number of aliphatic carboxylic acids is 1. The Kier molecular flexibility index (Phi) is 9.85. The lowest BCUT2D eigenvalue weighted by Crippen LogP contribution is -2.07. The molecule has 1 rings (SSSR count). The fourth-order valence-electron chi connectivity index (χ4n) is 2.81. The highest BCUT2D eigenvalue weighted by atomic mass is 16.5. The number of carboxylic acids is 1. The van der Waals surface area contributed by atoms with Crippen LogP contribution in [0.15, 0.2) is 24.3 Å². The fourth-order valence-corrected chi connectivity index (χ4v) is 2.81. The van der Waals surface area contributed by atoms with Gasteiger partial charge in [0.05, 0.1) is 7.11 Å². The quantitative estimate of drug-likeness (QED) is 0.437. The third-order valence-corrected chi connectivity index (χ3v) is 4.11. The molecule has 0 saturated heterocycles. The Hall–Kier alpha value is -1.81. The molecule has 0 aliphatic carbocycles. The SMILES string of the molecule is CCCCCC(CCOCC)c1cc(OC)ccc1C=CC(=O)O. The van der Waals surface area contributed by atoms with Gasteiger partial charge in [0.2, 0.25) is 0 Å². The number of hydrogen-bond acceptors (Lipinski definition) is 3. The smallest absolute Gasteiger partial charge is 0.328 e. The normalized spacial score (nSPS) is 12.5. The number of methoxy groups -OCH3 is 1. The van der Waals surface area contributed by atoms with E-state index in [9.17, 15) is 4.79 Å². The van der Waals surface area contributed by atoms with Gasteiger partial charge in [-0.1, -0.05) is 32.3 Å². The van der Waals surface area contributed by atoms with Crippen LogP contribution in [-0.2, 0) is 9.53 Å². The number of rotatable bonds is 12. The first-order valence-electron chi connectivity index (χ1n) is 8.79. The van der Waals surface area contributed by atoms with Gasteiger partial charge in [0.15, 0.2) is 0 Å². The van der Waals surface area contributed by atoms with E-state index in [1.807, 2.05) is 25.1 Å². The van der Waals surface area contributed by atoms with Gasteiger partial charge in [-0.25, -0.2) is 4.79 Å². The summed E-state index contributed by atoms with van der Waals surface area (Å²) < 4.78 is 10.9. The van der Waals surface area contributed by atoms with E-state index in [-0.39, 0.29) is 0 Å². The van der Waals surface area contributed by atoms with Crippen LogP contribution < -0.4 is 4.74 Å². The second-order valence-electron chi connectivity index (χ2n) is 5.84. The van der Waals surface area contributed by atoms with Gasteiger partial charge in [-0.05, 0) is 55.0 Å². The third-order valence-electron chi connectivity index (χ3n) is 4.11. The maximum atomic E-state index is 10.9. The fraction of sp³-hybridized carbons (Fsp3) is 0.550. The molecule has 1 aromatic carbocycles. The number of benzene rings is 1. The molecule has 0 amide bonds. The van der Waals surface area contributed by atoms with Gasteiger partial charge in [-0.2, -0.15) is 0 Å². The summed E-state index contributed by atoms with van der Waals surface area (Å²) in [5, 5.41) is 8.92. The summed E-state index contributed by atoms with van der Waals surface area (Å²) in [5.41, 5.74) is 2.08. The van der Waals surface area contributed by atoms with Crippen molar-refractivity contribution in [3.8, 4) is 5.75 Å². The van der Waals surface area contributed by atoms with Crippen LogP contribution >= 0.6 is 0 Å². The van der Waals surface area contributed by atoms with Crippen molar-refractivity contribution in [2.24, 2.45) is 0 Å². The average Bonchev–Trinajstić information content (AvgIpc) is 2.58. The lowest BCUT2D eigenvalue weighted by atomic mass is 9.87. The van der Waals surface area contributed by atoms with Crippen molar-refractivity contribution in [3.05, 3.63) is 35.4 Å². The van der Waals surface area contributed by atoms with Gasteiger partial charge in [-0.15, -0.1) is 0 Å². The van der Waals surface area contributed by atoms with Gasteiger partial charge in [-0.3, -0.25) is 0 Å². The predicted molar refractivity (Wildman–Crippen MR) is 97.7 cm³/mol. The molecule has 0 bridgehead atoms. The Morgan fingerprint density at radius 3 is 2.67 bits per heavy atom. The standard InChI is InChI=1S/C20H30O4/c1-4-6-7-8-16(13-14-24-5-2)19-15-18(23-3)11-9-17(19)10-12-20(21)22/h9-12,15-16H,4-8,13-14H2,1-3H3,(H,21,22). The van der Waals surface area contributed by atoms with Gasteiger partial charge >= 0.3 is 5.97 Å². The van der Waals surface area contributed by atoms with Crippen LogP contribution in [-0.4, -0.2) is 31.4 Å². The summed E-state index contributed by atoms with van der Waals surface area (Å²) in [5.74, 6) is 0.203. The molecular weight excluding hydrogens is 304 g/mol. The number of hydrogen-bond donors (Lipinski definition) is 1. The van der Waals surface area contributed by atoms with Gasteiger partial charge in [0, 0.05) is 19.3 Å². The second-order valence-corrected chi connectivity index (χ2v) is 5.84. The van der Waals surface area contributed by atoms with E-state index in [2.05, 4.69) is 6.92 Å².